The minimum absolute atomic E-state index is 0.197. The van der Waals surface area contributed by atoms with Crippen LogP contribution in [0.4, 0.5) is 0 Å². The van der Waals surface area contributed by atoms with Gasteiger partial charge in [-0.3, -0.25) is 0 Å². The molecule has 0 N–H and O–H groups in total. The van der Waals surface area contributed by atoms with Crippen LogP contribution in [0.5, 0.6) is 0 Å². The van der Waals surface area contributed by atoms with E-state index in [0.717, 1.165) is 5.57 Å². The van der Waals surface area contributed by atoms with E-state index < -0.39 is 0 Å². The molecule has 22 heavy (non-hydrogen) atoms. The predicted octanol–water partition coefficient (Wildman–Crippen LogP) is 7.66. The Morgan fingerprint density at radius 2 is 1.82 bits per heavy atom. The summed E-state index contributed by atoms with van der Waals surface area (Å²) in [6.45, 7) is 19.6. The predicted molar refractivity (Wildman–Crippen MR) is 104 cm³/mol. The molecular formula is C21H30P+. The summed E-state index contributed by atoms with van der Waals surface area (Å²) in [5.74, 6) is 0.623. The molecule has 1 aromatic rings. The monoisotopic (exact) mass is 313 g/mol. The molecule has 0 amide bonds. The Morgan fingerprint density at radius 3 is 2.32 bits per heavy atom. The van der Waals surface area contributed by atoms with Gasteiger partial charge in [0.05, 0.1) is 0 Å². The summed E-state index contributed by atoms with van der Waals surface area (Å²) in [6, 6.07) is 4.65. The fourth-order valence-corrected chi connectivity index (χ4v) is 5.91. The molecule has 0 radical (unpaired) electrons. The van der Waals surface area contributed by atoms with Gasteiger partial charge in [0.25, 0.3) is 0 Å². The third-order valence-electron chi connectivity index (χ3n) is 3.83. The molecule has 0 saturated carbocycles. The van der Waals surface area contributed by atoms with Gasteiger partial charge >= 0.3 is 0 Å². The largest absolute Gasteiger partial charge is 0.134 e. The van der Waals surface area contributed by atoms with Crippen molar-refractivity contribution in [2.24, 2.45) is 0 Å². The Balaban J connectivity index is 3.51. The molecule has 1 heteroatoms. The lowest BCUT2D eigenvalue weighted by molar-refractivity contribution is 0.880. The summed E-state index contributed by atoms with van der Waals surface area (Å²) in [5, 5.41) is 3.16. The van der Waals surface area contributed by atoms with Gasteiger partial charge in [0, 0.05) is 24.0 Å². The number of allylic oxidation sites excluding steroid dienone is 4. The molecule has 1 rings (SSSR count). The molecule has 0 aromatic carbocycles. The molecule has 0 bridgehead atoms. The number of rotatable bonds is 5. The summed E-state index contributed by atoms with van der Waals surface area (Å²) in [7, 11) is -0.197. The van der Waals surface area contributed by atoms with Gasteiger partial charge in [0.2, 0.25) is 0 Å². The summed E-state index contributed by atoms with van der Waals surface area (Å²) in [6.07, 6.45) is 5.81. The van der Waals surface area contributed by atoms with Gasteiger partial charge in [-0.15, -0.1) is 5.73 Å². The van der Waals surface area contributed by atoms with E-state index in [1.54, 1.807) is 16.7 Å². The molecule has 0 spiro atoms. The van der Waals surface area contributed by atoms with Crippen molar-refractivity contribution in [2.75, 3.05) is 0 Å². The van der Waals surface area contributed by atoms with Crippen LogP contribution in [0.2, 0.25) is 0 Å². The molecular weight excluding hydrogens is 283 g/mol. The van der Waals surface area contributed by atoms with Gasteiger partial charge in [-0.2, -0.15) is 0 Å². The maximum atomic E-state index is 3.71. The van der Waals surface area contributed by atoms with E-state index in [2.05, 4.69) is 79.0 Å². The van der Waals surface area contributed by atoms with Crippen molar-refractivity contribution < 1.29 is 0 Å². The Morgan fingerprint density at radius 1 is 1.18 bits per heavy atom. The van der Waals surface area contributed by atoms with E-state index in [0.29, 0.717) is 11.6 Å². The van der Waals surface area contributed by atoms with Crippen molar-refractivity contribution in [3.8, 4) is 0 Å². The van der Waals surface area contributed by atoms with Gasteiger partial charge in [0.15, 0.2) is 0 Å². The third-order valence-corrected chi connectivity index (χ3v) is 7.05. The van der Waals surface area contributed by atoms with E-state index in [-0.39, 0.29) is 7.53 Å². The van der Waals surface area contributed by atoms with Gasteiger partial charge in [-0.25, -0.2) is 0 Å². The zero-order valence-electron chi connectivity index (χ0n) is 15.2. The second-order valence-corrected chi connectivity index (χ2v) is 9.36. The molecule has 0 aliphatic rings. The molecule has 1 aromatic heterocycles. The summed E-state index contributed by atoms with van der Waals surface area (Å²) < 4.78 is 0. The average molecular weight is 313 g/mol. The van der Waals surface area contributed by atoms with Gasteiger partial charge in [-0.05, 0) is 45.4 Å². The van der Waals surface area contributed by atoms with Gasteiger partial charge in [0.1, 0.15) is 23.8 Å². The fourth-order valence-electron chi connectivity index (χ4n) is 2.86. The van der Waals surface area contributed by atoms with Crippen molar-refractivity contribution >= 4 is 13.1 Å². The van der Waals surface area contributed by atoms with E-state index in [9.17, 15) is 0 Å². The Labute approximate surface area is 138 Å². The van der Waals surface area contributed by atoms with E-state index in [1.807, 2.05) is 6.08 Å². The second kappa shape index (κ2) is 8.33. The van der Waals surface area contributed by atoms with Crippen LogP contribution in [0.25, 0.3) is 5.57 Å². The van der Waals surface area contributed by atoms with E-state index in [1.165, 1.54) is 11.1 Å². The third kappa shape index (κ3) is 4.57. The summed E-state index contributed by atoms with van der Waals surface area (Å²) in [4.78, 5) is 0. The topological polar surface area (TPSA) is 0 Å². The molecule has 1 atom stereocenters. The molecule has 0 aliphatic carbocycles. The molecule has 0 aliphatic heterocycles. The number of hydrogen-bond acceptors (Lipinski definition) is 0. The van der Waals surface area contributed by atoms with Crippen molar-refractivity contribution in [1.29, 1.82) is 0 Å². The molecule has 1 unspecified atom stereocenters. The Bertz CT molecular complexity index is 636. The van der Waals surface area contributed by atoms with Gasteiger partial charge < -0.3 is 0 Å². The molecule has 118 valence electrons. The molecule has 1 heterocycles. The quantitative estimate of drug-likeness (QED) is 0.386. The average Bonchev–Trinajstić information content (AvgIpc) is 2.43. The lowest BCUT2D eigenvalue weighted by atomic mass is 10.1. The lowest BCUT2D eigenvalue weighted by Gasteiger charge is -2.11. The zero-order chi connectivity index (χ0) is 16.9. The minimum atomic E-state index is -0.197. The van der Waals surface area contributed by atoms with Crippen molar-refractivity contribution in [2.45, 2.75) is 60.0 Å². The maximum absolute atomic E-state index is 3.71. The minimum Gasteiger partial charge on any atom is -0.114 e. The van der Waals surface area contributed by atoms with Crippen LogP contribution in [0.3, 0.4) is 0 Å². The van der Waals surface area contributed by atoms with Crippen molar-refractivity contribution in [1.82, 2.24) is 0 Å². The van der Waals surface area contributed by atoms with Crippen LogP contribution in [-0.4, -0.2) is 0 Å². The normalized spacial score (nSPS) is 12.0. The smallest absolute Gasteiger partial charge is 0.114 e. The zero-order valence-corrected chi connectivity index (χ0v) is 16.1. The van der Waals surface area contributed by atoms with Crippen LogP contribution >= 0.6 is 7.53 Å². The SMILES string of the molecule is C=C/C=C\C(C)=C=C(C)c1ccc(C(C)C)[p+](C(C)C)c1C. The van der Waals surface area contributed by atoms with Crippen LogP contribution < -0.4 is 0 Å². The first-order valence-corrected chi connectivity index (χ1v) is 9.49. The first kappa shape index (κ1) is 18.7. The second-order valence-electron chi connectivity index (χ2n) is 6.40. The van der Waals surface area contributed by atoms with Crippen molar-refractivity contribution in [3.05, 3.63) is 64.4 Å². The lowest BCUT2D eigenvalue weighted by Crippen LogP contribution is -1.94. The van der Waals surface area contributed by atoms with Crippen LogP contribution in [0.1, 0.15) is 69.3 Å². The Kier molecular flexibility index (Phi) is 7.08. The molecule has 0 fully saturated rings. The highest BCUT2D eigenvalue weighted by Crippen LogP contribution is 2.51. The summed E-state index contributed by atoms with van der Waals surface area (Å²) in [5.41, 5.74) is 7.94. The van der Waals surface area contributed by atoms with E-state index in [4.69, 9.17) is 0 Å². The highest BCUT2D eigenvalue weighted by Gasteiger charge is 2.26. The molecule has 0 saturated heterocycles. The summed E-state index contributed by atoms with van der Waals surface area (Å²) >= 11 is 0. The van der Waals surface area contributed by atoms with Crippen LogP contribution in [0.15, 0.2) is 48.2 Å². The van der Waals surface area contributed by atoms with E-state index >= 15 is 0 Å². The Hall–Kier alpha value is -1.35. The van der Waals surface area contributed by atoms with Crippen molar-refractivity contribution in [3.63, 3.8) is 0 Å². The standard InChI is InChI=1S/C21H30P/c1-9-10-11-17(6)14-18(7)20-12-13-21(15(2)3)22(16(4)5)19(20)8/h9-13,15-16H,1H2,2-8H3/q+1/b11-10-. The van der Waals surface area contributed by atoms with Crippen LogP contribution in [0, 0.1) is 6.92 Å². The molecule has 0 nitrogen and oxygen atoms in total. The maximum Gasteiger partial charge on any atom is 0.134 e. The van der Waals surface area contributed by atoms with Gasteiger partial charge in [-0.1, -0.05) is 38.7 Å². The highest BCUT2D eigenvalue weighted by atomic mass is 31.1. The first-order valence-electron chi connectivity index (χ1n) is 8.08. The number of hydrogen-bond donors (Lipinski definition) is 0. The van der Waals surface area contributed by atoms with Crippen LogP contribution in [-0.2, 0) is 0 Å². The first-order chi connectivity index (χ1) is 10.3. The highest BCUT2D eigenvalue weighted by molar-refractivity contribution is 7.51. The fraction of sp³-hybridized carbons (Fsp3) is 0.429.